The van der Waals surface area contributed by atoms with Crippen molar-refractivity contribution >= 4 is 0 Å². The Morgan fingerprint density at radius 1 is 1.00 bits per heavy atom. The molecule has 3 rings (SSSR count). The highest BCUT2D eigenvalue weighted by Gasteiger charge is 2.37. The van der Waals surface area contributed by atoms with Gasteiger partial charge in [0, 0.05) is 25.8 Å². The van der Waals surface area contributed by atoms with Gasteiger partial charge in [-0.25, -0.2) is 0 Å². The van der Waals surface area contributed by atoms with Crippen LogP contribution in [0.2, 0.25) is 0 Å². The van der Waals surface area contributed by atoms with Crippen LogP contribution in [0.15, 0.2) is 48.7 Å². The van der Waals surface area contributed by atoms with Crippen molar-refractivity contribution < 1.29 is 13.2 Å². The lowest BCUT2D eigenvalue weighted by atomic mass is 9.95. The van der Waals surface area contributed by atoms with E-state index >= 15 is 0 Å². The minimum absolute atomic E-state index is 0.269. The summed E-state index contributed by atoms with van der Waals surface area (Å²) in [4.78, 5) is 6.45. The van der Waals surface area contributed by atoms with Crippen molar-refractivity contribution in [2.45, 2.75) is 18.6 Å². The molecule has 0 aliphatic carbocycles. The Kier molecular flexibility index (Phi) is 5.16. The fraction of sp³-hybridized carbons (Fsp3) is 0.389. The van der Waals surface area contributed by atoms with Crippen LogP contribution in [0.1, 0.15) is 29.3 Å². The molecule has 2 heterocycles. The molecule has 6 heteroatoms. The monoisotopic (exact) mass is 335 g/mol. The van der Waals surface area contributed by atoms with Crippen LogP contribution in [-0.4, -0.2) is 36.1 Å². The first-order valence-corrected chi connectivity index (χ1v) is 8.09. The second-order valence-electron chi connectivity index (χ2n) is 5.88. The van der Waals surface area contributed by atoms with Crippen molar-refractivity contribution in [3.63, 3.8) is 0 Å². The number of halogens is 3. The SMILES string of the molecule is FC(F)(F)c1ccccc1C(c1ccccn1)N1CCCNCC1. The van der Waals surface area contributed by atoms with Crippen LogP contribution < -0.4 is 5.32 Å². The summed E-state index contributed by atoms with van der Waals surface area (Å²) < 4.78 is 40.6. The first kappa shape index (κ1) is 16.9. The van der Waals surface area contributed by atoms with Gasteiger partial charge in [0.2, 0.25) is 0 Å². The van der Waals surface area contributed by atoms with E-state index in [9.17, 15) is 13.2 Å². The Bertz CT molecular complexity index is 650. The molecule has 3 nitrogen and oxygen atoms in total. The van der Waals surface area contributed by atoms with E-state index in [1.165, 1.54) is 6.07 Å². The predicted molar refractivity (Wildman–Crippen MR) is 86.6 cm³/mol. The highest BCUT2D eigenvalue weighted by Crippen LogP contribution is 2.38. The van der Waals surface area contributed by atoms with Gasteiger partial charge in [0.1, 0.15) is 0 Å². The van der Waals surface area contributed by atoms with Crippen LogP contribution in [-0.2, 0) is 6.18 Å². The van der Waals surface area contributed by atoms with Crippen molar-refractivity contribution in [3.05, 3.63) is 65.5 Å². The summed E-state index contributed by atoms with van der Waals surface area (Å²) in [5.41, 5.74) is 0.333. The second kappa shape index (κ2) is 7.32. The maximum absolute atomic E-state index is 13.5. The Labute approximate surface area is 139 Å². The molecular formula is C18H20F3N3. The van der Waals surface area contributed by atoms with E-state index in [4.69, 9.17) is 0 Å². The maximum atomic E-state index is 13.5. The summed E-state index contributed by atoms with van der Waals surface area (Å²) in [5.74, 6) is 0. The fourth-order valence-corrected chi connectivity index (χ4v) is 3.20. The molecule has 1 saturated heterocycles. The average Bonchev–Trinajstić information content (AvgIpc) is 2.85. The molecule has 0 saturated carbocycles. The third-order valence-corrected chi connectivity index (χ3v) is 4.27. The Hall–Kier alpha value is -1.92. The molecule has 1 fully saturated rings. The molecule has 0 spiro atoms. The van der Waals surface area contributed by atoms with Crippen LogP contribution in [0.5, 0.6) is 0 Å². The molecule has 128 valence electrons. The maximum Gasteiger partial charge on any atom is 0.416 e. The molecule has 1 atom stereocenters. The summed E-state index contributed by atoms with van der Waals surface area (Å²) in [6, 6.07) is 10.7. The van der Waals surface area contributed by atoms with Gasteiger partial charge in [0.05, 0.1) is 17.3 Å². The van der Waals surface area contributed by atoms with Crippen molar-refractivity contribution in [3.8, 4) is 0 Å². The first-order valence-electron chi connectivity index (χ1n) is 8.09. The number of benzene rings is 1. The standard InChI is InChI=1S/C18H20F3N3/c19-18(20,21)15-7-2-1-6-14(15)17(16-8-3-4-10-23-16)24-12-5-9-22-11-13-24/h1-4,6-8,10,17,22H,5,9,11-13H2. The van der Waals surface area contributed by atoms with Crippen LogP contribution >= 0.6 is 0 Å². The second-order valence-corrected chi connectivity index (χ2v) is 5.88. The Morgan fingerprint density at radius 2 is 1.79 bits per heavy atom. The third kappa shape index (κ3) is 3.76. The topological polar surface area (TPSA) is 28.2 Å². The van der Waals surface area contributed by atoms with Crippen molar-refractivity contribution in [2.24, 2.45) is 0 Å². The van der Waals surface area contributed by atoms with Gasteiger partial charge in [-0.1, -0.05) is 24.3 Å². The molecule has 1 aliphatic rings. The number of pyridine rings is 1. The summed E-state index contributed by atoms with van der Waals surface area (Å²) >= 11 is 0. The fourth-order valence-electron chi connectivity index (χ4n) is 3.20. The van der Waals surface area contributed by atoms with E-state index in [1.807, 2.05) is 6.07 Å². The van der Waals surface area contributed by atoms with E-state index in [1.54, 1.807) is 30.5 Å². The van der Waals surface area contributed by atoms with E-state index < -0.39 is 17.8 Å². The molecule has 0 amide bonds. The lowest BCUT2D eigenvalue weighted by Gasteiger charge is -2.32. The number of nitrogens with zero attached hydrogens (tertiary/aromatic N) is 2. The molecule has 1 N–H and O–H groups in total. The van der Waals surface area contributed by atoms with E-state index in [-0.39, 0.29) is 5.56 Å². The number of hydrogen-bond donors (Lipinski definition) is 1. The predicted octanol–water partition coefficient (Wildman–Crippen LogP) is 3.49. The van der Waals surface area contributed by atoms with Gasteiger partial charge in [-0.15, -0.1) is 0 Å². The first-order chi connectivity index (χ1) is 11.6. The summed E-state index contributed by atoms with van der Waals surface area (Å²) in [6.07, 6.45) is -1.85. The smallest absolute Gasteiger partial charge is 0.315 e. The van der Waals surface area contributed by atoms with E-state index in [2.05, 4.69) is 15.2 Å². The Balaban J connectivity index is 2.08. The highest BCUT2D eigenvalue weighted by molar-refractivity contribution is 5.37. The molecular weight excluding hydrogens is 315 g/mol. The molecule has 1 aromatic heterocycles. The number of alkyl halides is 3. The number of rotatable bonds is 3. The van der Waals surface area contributed by atoms with Gasteiger partial charge in [-0.2, -0.15) is 13.2 Å². The molecule has 1 unspecified atom stereocenters. The lowest BCUT2D eigenvalue weighted by molar-refractivity contribution is -0.138. The van der Waals surface area contributed by atoms with Gasteiger partial charge >= 0.3 is 6.18 Å². The number of nitrogens with one attached hydrogen (secondary N) is 1. The molecule has 0 radical (unpaired) electrons. The number of hydrogen-bond acceptors (Lipinski definition) is 3. The van der Waals surface area contributed by atoms with Gasteiger partial charge in [0.25, 0.3) is 0 Å². The van der Waals surface area contributed by atoms with Crippen molar-refractivity contribution in [1.82, 2.24) is 15.2 Å². The minimum Gasteiger partial charge on any atom is -0.315 e. The van der Waals surface area contributed by atoms with Crippen LogP contribution in [0.25, 0.3) is 0 Å². The van der Waals surface area contributed by atoms with Crippen LogP contribution in [0, 0.1) is 0 Å². The lowest BCUT2D eigenvalue weighted by Crippen LogP contribution is -2.34. The highest BCUT2D eigenvalue weighted by atomic mass is 19.4. The van der Waals surface area contributed by atoms with Crippen molar-refractivity contribution in [2.75, 3.05) is 26.2 Å². The van der Waals surface area contributed by atoms with E-state index in [0.717, 1.165) is 32.1 Å². The van der Waals surface area contributed by atoms with Gasteiger partial charge in [-0.3, -0.25) is 9.88 Å². The van der Waals surface area contributed by atoms with Gasteiger partial charge in [0.15, 0.2) is 0 Å². The van der Waals surface area contributed by atoms with Crippen molar-refractivity contribution in [1.29, 1.82) is 0 Å². The molecule has 2 aromatic rings. The number of aromatic nitrogens is 1. The molecule has 24 heavy (non-hydrogen) atoms. The van der Waals surface area contributed by atoms with Gasteiger partial charge < -0.3 is 5.32 Å². The average molecular weight is 335 g/mol. The summed E-state index contributed by atoms with van der Waals surface area (Å²) in [5, 5.41) is 3.30. The zero-order chi connectivity index (χ0) is 17.0. The normalized spacial score (nSPS) is 18.1. The van der Waals surface area contributed by atoms with Gasteiger partial charge in [-0.05, 0) is 36.7 Å². The van der Waals surface area contributed by atoms with E-state index in [0.29, 0.717) is 12.2 Å². The zero-order valence-electron chi connectivity index (χ0n) is 13.3. The minimum atomic E-state index is -4.38. The quantitative estimate of drug-likeness (QED) is 0.931. The molecule has 1 aromatic carbocycles. The third-order valence-electron chi connectivity index (χ3n) is 4.27. The zero-order valence-corrected chi connectivity index (χ0v) is 13.3. The van der Waals surface area contributed by atoms with Crippen LogP contribution in [0.3, 0.4) is 0 Å². The summed E-state index contributed by atoms with van der Waals surface area (Å²) in [7, 11) is 0. The molecule has 0 bridgehead atoms. The summed E-state index contributed by atoms with van der Waals surface area (Å²) in [6.45, 7) is 3.07. The largest absolute Gasteiger partial charge is 0.416 e. The Morgan fingerprint density at radius 3 is 2.54 bits per heavy atom. The molecule has 1 aliphatic heterocycles. The van der Waals surface area contributed by atoms with Crippen LogP contribution in [0.4, 0.5) is 13.2 Å².